The summed E-state index contributed by atoms with van der Waals surface area (Å²) < 4.78 is 13.8. The predicted octanol–water partition coefficient (Wildman–Crippen LogP) is 5.34. The molecule has 0 amide bonds. The molecule has 2 atom stereocenters. The van der Waals surface area contributed by atoms with Crippen LogP contribution in [0.2, 0.25) is 0 Å². The Labute approximate surface area is 165 Å². The van der Waals surface area contributed by atoms with Gasteiger partial charge in [0.1, 0.15) is 5.75 Å². The summed E-state index contributed by atoms with van der Waals surface area (Å²) in [4.78, 5) is 1.23. The highest BCUT2D eigenvalue weighted by atomic mass is 79.9. The molecular weight excluding hydrogens is 412 g/mol. The van der Waals surface area contributed by atoms with E-state index in [1.807, 2.05) is 0 Å². The highest BCUT2D eigenvalue weighted by molar-refractivity contribution is 9.11. The second kappa shape index (κ2) is 5.81. The fourth-order valence-corrected chi connectivity index (χ4v) is 5.80. The minimum absolute atomic E-state index is 0.223. The van der Waals surface area contributed by atoms with Crippen LogP contribution in [-0.4, -0.2) is 28.7 Å². The fourth-order valence-electron chi connectivity index (χ4n) is 4.42. The summed E-state index contributed by atoms with van der Waals surface area (Å²) >= 11 is 5.32. The summed E-state index contributed by atoms with van der Waals surface area (Å²) in [7, 11) is 0. The van der Waals surface area contributed by atoms with Crippen molar-refractivity contribution in [2.45, 2.75) is 50.5 Å². The van der Waals surface area contributed by atoms with Crippen LogP contribution >= 0.6 is 27.3 Å². The van der Waals surface area contributed by atoms with Crippen LogP contribution in [0.15, 0.2) is 45.3 Å². The van der Waals surface area contributed by atoms with Crippen LogP contribution in [0.4, 0.5) is 0 Å². The normalized spacial score (nSPS) is 29.1. The molecule has 1 aromatic carbocycles. The maximum Gasteiger partial charge on any atom is 0.203 e. The Hall–Kier alpha value is -1.37. The molecule has 1 spiro atoms. The van der Waals surface area contributed by atoms with Gasteiger partial charge in [-0.25, -0.2) is 5.01 Å². The number of ether oxygens (including phenoxy) is 2. The number of halogens is 1. The largest absolute Gasteiger partial charge is 0.466 e. The van der Waals surface area contributed by atoms with E-state index in [-0.39, 0.29) is 11.6 Å². The van der Waals surface area contributed by atoms with Crippen molar-refractivity contribution in [3.8, 4) is 5.75 Å². The van der Waals surface area contributed by atoms with Crippen molar-refractivity contribution in [2.75, 3.05) is 6.61 Å². The molecule has 4 nitrogen and oxygen atoms in total. The summed E-state index contributed by atoms with van der Waals surface area (Å²) in [5.74, 6) is 0.996. The van der Waals surface area contributed by atoms with Crippen LogP contribution < -0.4 is 4.74 Å². The maximum atomic E-state index is 6.63. The van der Waals surface area contributed by atoms with E-state index in [1.165, 1.54) is 10.4 Å². The smallest absolute Gasteiger partial charge is 0.203 e. The third-order valence-electron chi connectivity index (χ3n) is 5.45. The third kappa shape index (κ3) is 2.62. The van der Waals surface area contributed by atoms with E-state index in [0.717, 1.165) is 34.5 Å². The molecule has 1 saturated heterocycles. The van der Waals surface area contributed by atoms with Crippen molar-refractivity contribution in [1.82, 2.24) is 5.01 Å². The second-order valence-corrected chi connectivity index (χ2v) is 10.3. The van der Waals surface area contributed by atoms with Gasteiger partial charge in [0.15, 0.2) is 0 Å². The summed E-state index contributed by atoms with van der Waals surface area (Å²) in [5, 5.41) is 7.33. The number of hydrazone groups is 1. The van der Waals surface area contributed by atoms with Gasteiger partial charge in [0, 0.05) is 24.8 Å². The molecular formula is C20H21BrN2O2S. The Morgan fingerprint density at radius 2 is 2.08 bits per heavy atom. The Kier molecular flexibility index (Phi) is 3.75. The molecule has 6 heteroatoms. The Morgan fingerprint density at radius 3 is 2.85 bits per heavy atom. The zero-order valence-corrected chi connectivity index (χ0v) is 17.3. The molecule has 0 aliphatic carbocycles. The Balaban J connectivity index is 1.61. The van der Waals surface area contributed by atoms with Crippen molar-refractivity contribution < 1.29 is 9.47 Å². The number of para-hydroxylation sites is 1. The van der Waals surface area contributed by atoms with Crippen LogP contribution in [0.25, 0.3) is 0 Å². The second-order valence-electron chi connectivity index (χ2n) is 7.84. The molecule has 0 bridgehead atoms. The Morgan fingerprint density at radius 1 is 1.23 bits per heavy atom. The maximum absolute atomic E-state index is 6.63. The van der Waals surface area contributed by atoms with Crippen molar-refractivity contribution >= 4 is 33.0 Å². The average molecular weight is 433 g/mol. The minimum Gasteiger partial charge on any atom is -0.466 e. The number of thiophene rings is 1. The SMILES string of the molecule is CC1(C)C[C@]2(CCO1)Oc1ccccc1[C@@H]1CC(c3ccc(Br)s3)=NN12. The molecule has 3 aliphatic rings. The molecule has 0 unspecified atom stereocenters. The molecule has 5 rings (SSSR count). The number of benzene rings is 1. The number of rotatable bonds is 1. The molecule has 2 aromatic rings. The first-order valence-electron chi connectivity index (χ1n) is 9.00. The van der Waals surface area contributed by atoms with E-state index in [9.17, 15) is 0 Å². The van der Waals surface area contributed by atoms with Gasteiger partial charge in [-0.15, -0.1) is 11.3 Å². The highest BCUT2D eigenvalue weighted by Gasteiger charge is 2.54. The van der Waals surface area contributed by atoms with E-state index in [2.05, 4.69) is 71.2 Å². The van der Waals surface area contributed by atoms with E-state index in [0.29, 0.717) is 6.61 Å². The first-order chi connectivity index (χ1) is 12.5. The molecule has 136 valence electrons. The molecule has 1 fully saturated rings. The minimum atomic E-state index is -0.434. The zero-order chi connectivity index (χ0) is 17.9. The van der Waals surface area contributed by atoms with Gasteiger partial charge in [-0.2, -0.15) is 5.10 Å². The van der Waals surface area contributed by atoms with Crippen molar-refractivity contribution in [1.29, 1.82) is 0 Å². The van der Waals surface area contributed by atoms with E-state index >= 15 is 0 Å². The molecule has 3 aliphatic heterocycles. The van der Waals surface area contributed by atoms with Gasteiger partial charge in [0.05, 0.1) is 32.6 Å². The summed E-state index contributed by atoms with van der Waals surface area (Å²) in [5.41, 5.74) is 1.72. The van der Waals surface area contributed by atoms with E-state index in [1.54, 1.807) is 11.3 Å². The van der Waals surface area contributed by atoms with Crippen LogP contribution in [0.5, 0.6) is 5.75 Å². The lowest BCUT2D eigenvalue weighted by molar-refractivity contribution is -0.212. The van der Waals surface area contributed by atoms with Gasteiger partial charge < -0.3 is 9.47 Å². The van der Waals surface area contributed by atoms with Gasteiger partial charge >= 0.3 is 0 Å². The van der Waals surface area contributed by atoms with Gasteiger partial charge in [-0.1, -0.05) is 18.2 Å². The molecule has 1 aromatic heterocycles. The molecule has 4 heterocycles. The van der Waals surface area contributed by atoms with Crippen molar-refractivity contribution in [2.24, 2.45) is 5.10 Å². The average Bonchev–Trinajstić information content (AvgIpc) is 3.21. The molecule has 0 saturated carbocycles. The fraction of sp³-hybridized carbons (Fsp3) is 0.450. The third-order valence-corrected chi connectivity index (χ3v) is 7.12. The van der Waals surface area contributed by atoms with Crippen LogP contribution in [0.1, 0.15) is 49.6 Å². The molecule has 0 radical (unpaired) electrons. The number of hydrogen-bond acceptors (Lipinski definition) is 5. The number of fused-ring (bicyclic) bond motifs is 4. The predicted molar refractivity (Wildman–Crippen MR) is 107 cm³/mol. The topological polar surface area (TPSA) is 34.1 Å². The van der Waals surface area contributed by atoms with Gasteiger partial charge in [-0.3, -0.25) is 0 Å². The zero-order valence-electron chi connectivity index (χ0n) is 14.9. The Bertz CT molecular complexity index is 893. The van der Waals surface area contributed by atoms with Crippen molar-refractivity contribution in [3.05, 3.63) is 50.6 Å². The lowest BCUT2D eigenvalue weighted by Crippen LogP contribution is -2.60. The molecule has 0 N–H and O–H groups in total. The van der Waals surface area contributed by atoms with E-state index < -0.39 is 5.72 Å². The standard InChI is InChI=1S/C20H21BrN2O2S/c1-19(2)12-20(9-10-24-19)23-15(13-5-3-4-6-16(13)25-20)11-14(22-23)17-7-8-18(21)26-17/h3-8,15H,9-12H2,1-2H3/t15-,20-/m0/s1. The lowest BCUT2D eigenvalue weighted by Gasteiger charge is -2.52. The summed E-state index contributed by atoms with van der Waals surface area (Å²) in [6, 6.07) is 12.9. The van der Waals surface area contributed by atoms with Crippen LogP contribution in [0.3, 0.4) is 0 Å². The summed E-state index contributed by atoms with van der Waals surface area (Å²) in [6.45, 7) is 4.97. The quantitative estimate of drug-likeness (QED) is 0.609. The van der Waals surface area contributed by atoms with Crippen molar-refractivity contribution in [3.63, 3.8) is 0 Å². The highest BCUT2D eigenvalue weighted by Crippen LogP contribution is 2.52. The number of nitrogens with zero attached hydrogens (tertiary/aromatic N) is 2. The van der Waals surface area contributed by atoms with Gasteiger partial charge in [0.2, 0.25) is 5.72 Å². The van der Waals surface area contributed by atoms with E-state index in [4.69, 9.17) is 14.6 Å². The van der Waals surface area contributed by atoms with Gasteiger partial charge in [-0.05, 0) is 48.0 Å². The lowest BCUT2D eigenvalue weighted by atomic mass is 9.86. The van der Waals surface area contributed by atoms with Crippen LogP contribution in [-0.2, 0) is 4.74 Å². The first kappa shape index (κ1) is 16.8. The first-order valence-corrected chi connectivity index (χ1v) is 10.6. The van der Waals surface area contributed by atoms with Crippen LogP contribution in [0, 0.1) is 0 Å². The number of hydrogen-bond donors (Lipinski definition) is 0. The monoisotopic (exact) mass is 432 g/mol. The summed E-state index contributed by atoms with van der Waals surface area (Å²) in [6.07, 6.45) is 2.54. The molecule has 26 heavy (non-hydrogen) atoms. The van der Waals surface area contributed by atoms with Gasteiger partial charge in [0.25, 0.3) is 0 Å².